The van der Waals surface area contributed by atoms with Crippen molar-refractivity contribution in [1.82, 2.24) is 4.98 Å². The van der Waals surface area contributed by atoms with Crippen LogP contribution in [0.4, 0.5) is 0 Å². The highest BCUT2D eigenvalue weighted by Crippen LogP contribution is 2.36. The molecule has 1 aromatic heterocycles. The minimum atomic E-state index is -0.00976. The van der Waals surface area contributed by atoms with Gasteiger partial charge in [0.1, 0.15) is 5.15 Å². The lowest BCUT2D eigenvalue weighted by Gasteiger charge is -2.25. The van der Waals surface area contributed by atoms with E-state index in [4.69, 9.17) is 11.6 Å². The van der Waals surface area contributed by atoms with Crippen LogP contribution in [0, 0.1) is 0 Å². The van der Waals surface area contributed by atoms with E-state index in [-0.39, 0.29) is 5.78 Å². The number of benzene rings is 1. The van der Waals surface area contributed by atoms with E-state index in [0.717, 1.165) is 0 Å². The number of pyridine rings is 1. The summed E-state index contributed by atoms with van der Waals surface area (Å²) in [5, 5.41) is 0.344. The maximum Gasteiger partial charge on any atom is 0.193 e. The highest BCUT2D eigenvalue weighted by atomic mass is 35.5. The predicted molar refractivity (Wildman–Crippen MR) is 75.7 cm³/mol. The van der Waals surface area contributed by atoms with E-state index in [1.165, 1.54) is 24.8 Å². The van der Waals surface area contributed by atoms with Crippen molar-refractivity contribution in [2.45, 2.75) is 25.2 Å². The monoisotopic (exact) mass is 271 g/mol. The van der Waals surface area contributed by atoms with E-state index in [1.54, 1.807) is 18.3 Å². The Morgan fingerprint density at radius 1 is 1.11 bits per heavy atom. The molecule has 3 rings (SSSR count). The Hall–Kier alpha value is -1.67. The summed E-state index contributed by atoms with van der Waals surface area (Å²) in [6.07, 6.45) is 5.42. The lowest BCUT2D eigenvalue weighted by atomic mass is 9.80. The van der Waals surface area contributed by atoms with Crippen molar-refractivity contribution in [1.29, 1.82) is 0 Å². The average molecular weight is 272 g/mol. The van der Waals surface area contributed by atoms with Crippen LogP contribution in [0.5, 0.6) is 0 Å². The van der Waals surface area contributed by atoms with Gasteiger partial charge in [0.2, 0.25) is 0 Å². The van der Waals surface area contributed by atoms with Gasteiger partial charge in [-0.25, -0.2) is 4.98 Å². The molecule has 0 radical (unpaired) electrons. The van der Waals surface area contributed by atoms with Gasteiger partial charge < -0.3 is 0 Å². The third-order valence-corrected chi connectivity index (χ3v) is 3.94. The van der Waals surface area contributed by atoms with E-state index in [9.17, 15) is 4.79 Å². The summed E-state index contributed by atoms with van der Waals surface area (Å²) in [6, 6.07) is 11.2. The number of ketones is 1. The van der Waals surface area contributed by atoms with Crippen LogP contribution in [0.2, 0.25) is 5.15 Å². The van der Waals surface area contributed by atoms with E-state index in [1.807, 2.05) is 12.1 Å². The quantitative estimate of drug-likeness (QED) is 0.617. The number of aromatic nitrogens is 1. The fourth-order valence-electron chi connectivity index (χ4n) is 2.36. The van der Waals surface area contributed by atoms with Crippen LogP contribution < -0.4 is 0 Å². The van der Waals surface area contributed by atoms with Crippen LogP contribution in [0.25, 0.3) is 0 Å². The van der Waals surface area contributed by atoms with Crippen molar-refractivity contribution in [2.24, 2.45) is 0 Å². The van der Waals surface area contributed by atoms with Gasteiger partial charge in [-0.3, -0.25) is 4.79 Å². The number of halogens is 1. The van der Waals surface area contributed by atoms with E-state index in [0.29, 0.717) is 22.2 Å². The number of hydrogen-bond donors (Lipinski definition) is 0. The number of carbonyl (C=O) groups excluding carboxylic acids is 1. The Morgan fingerprint density at radius 3 is 2.42 bits per heavy atom. The Labute approximate surface area is 117 Å². The molecule has 1 aromatic carbocycles. The molecule has 1 fully saturated rings. The van der Waals surface area contributed by atoms with E-state index in [2.05, 4.69) is 17.1 Å². The van der Waals surface area contributed by atoms with Gasteiger partial charge in [-0.15, -0.1) is 0 Å². The van der Waals surface area contributed by atoms with E-state index < -0.39 is 0 Å². The highest BCUT2D eigenvalue weighted by molar-refractivity contribution is 6.29. The molecule has 1 aliphatic rings. The summed E-state index contributed by atoms with van der Waals surface area (Å²) in [5.74, 6) is 0.684. The van der Waals surface area contributed by atoms with Gasteiger partial charge in [0.05, 0.1) is 0 Å². The zero-order valence-electron chi connectivity index (χ0n) is 10.5. The first-order valence-corrected chi connectivity index (χ1v) is 6.88. The van der Waals surface area contributed by atoms with Gasteiger partial charge in [0, 0.05) is 17.3 Å². The Morgan fingerprint density at radius 2 is 1.84 bits per heavy atom. The molecule has 0 saturated heterocycles. The SMILES string of the molecule is O=C(c1ccc(C2CCC2)cc1)c1ccnc(Cl)c1. The second-order valence-electron chi connectivity index (χ2n) is 4.95. The minimum Gasteiger partial charge on any atom is -0.289 e. The van der Waals surface area contributed by atoms with Crippen LogP contribution in [0.1, 0.15) is 46.7 Å². The molecule has 1 aliphatic carbocycles. The largest absolute Gasteiger partial charge is 0.289 e. The van der Waals surface area contributed by atoms with Crippen molar-refractivity contribution in [3.8, 4) is 0 Å². The van der Waals surface area contributed by atoms with Gasteiger partial charge in [0.25, 0.3) is 0 Å². The van der Waals surface area contributed by atoms with Gasteiger partial charge in [0.15, 0.2) is 5.78 Å². The zero-order valence-corrected chi connectivity index (χ0v) is 11.2. The Bertz CT molecular complexity index is 602. The molecule has 0 amide bonds. The van der Waals surface area contributed by atoms with Crippen LogP contribution in [0.3, 0.4) is 0 Å². The predicted octanol–water partition coefficient (Wildman–Crippen LogP) is 4.23. The summed E-state index contributed by atoms with van der Waals surface area (Å²) >= 11 is 5.81. The first kappa shape index (κ1) is 12.4. The third-order valence-electron chi connectivity index (χ3n) is 3.74. The molecule has 19 heavy (non-hydrogen) atoms. The normalized spacial score (nSPS) is 15.0. The molecule has 1 saturated carbocycles. The fraction of sp³-hybridized carbons (Fsp3) is 0.250. The van der Waals surface area contributed by atoms with E-state index >= 15 is 0 Å². The molecule has 96 valence electrons. The van der Waals surface area contributed by atoms with Crippen LogP contribution in [0.15, 0.2) is 42.6 Å². The fourth-order valence-corrected chi connectivity index (χ4v) is 2.53. The van der Waals surface area contributed by atoms with Crippen molar-refractivity contribution < 1.29 is 4.79 Å². The molecule has 3 heteroatoms. The Kier molecular flexibility index (Phi) is 3.34. The topological polar surface area (TPSA) is 30.0 Å². The van der Waals surface area contributed by atoms with Crippen molar-refractivity contribution in [2.75, 3.05) is 0 Å². The molecular formula is C16H14ClNO. The summed E-state index contributed by atoms with van der Waals surface area (Å²) in [7, 11) is 0. The molecule has 0 N–H and O–H groups in total. The summed E-state index contributed by atoms with van der Waals surface area (Å²) in [6.45, 7) is 0. The molecule has 2 aromatic rings. The smallest absolute Gasteiger partial charge is 0.193 e. The molecule has 1 heterocycles. The Balaban J connectivity index is 1.83. The average Bonchev–Trinajstić information content (AvgIpc) is 2.37. The highest BCUT2D eigenvalue weighted by Gasteiger charge is 2.19. The first-order valence-electron chi connectivity index (χ1n) is 6.50. The van der Waals surface area contributed by atoms with Gasteiger partial charge >= 0.3 is 0 Å². The first-order chi connectivity index (χ1) is 9.24. The molecule has 0 spiro atoms. The minimum absolute atomic E-state index is 0.00976. The number of rotatable bonds is 3. The van der Waals surface area contributed by atoms with Gasteiger partial charge in [-0.05, 0) is 36.5 Å². The second-order valence-corrected chi connectivity index (χ2v) is 5.33. The standard InChI is InChI=1S/C16H14ClNO/c17-15-10-14(8-9-18-15)16(19)13-6-4-12(5-7-13)11-2-1-3-11/h4-11H,1-3H2. The summed E-state index contributed by atoms with van der Waals surface area (Å²) in [5.41, 5.74) is 2.62. The number of hydrogen-bond acceptors (Lipinski definition) is 2. The number of carbonyl (C=O) groups is 1. The maximum absolute atomic E-state index is 12.3. The van der Waals surface area contributed by atoms with Crippen LogP contribution in [-0.4, -0.2) is 10.8 Å². The second kappa shape index (κ2) is 5.14. The lowest BCUT2D eigenvalue weighted by molar-refractivity contribution is 0.103. The maximum atomic E-state index is 12.3. The van der Waals surface area contributed by atoms with Crippen LogP contribution >= 0.6 is 11.6 Å². The summed E-state index contributed by atoms with van der Waals surface area (Å²) < 4.78 is 0. The molecule has 0 aliphatic heterocycles. The van der Waals surface area contributed by atoms with Crippen molar-refractivity contribution in [3.05, 3.63) is 64.4 Å². The third kappa shape index (κ3) is 2.54. The van der Waals surface area contributed by atoms with Gasteiger partial charge in [-0.1, -0.05) is 42.3 Å². The number of nitrogens with zero attached hydrogens (tertiary/aromatic N) is 1. The van der Waals surface area contributed by atoms with Crippen molar-refractivity contribution in [3.63, 3.8) is 0 Å². The summed E-state index contributed by atoms with van der Waals surface area (Å²) in [4.78, 5) is 16.2. The molecule has 0 bridgehead atoms. The van der Waals surface area contributed by atoms with Gasteiger partial charge in [-0.2, -0.15) is 0 Å². The molecule has 0 unspecified atom stereocenters. The molecule has 0 atom stereocenters. The molecule has 2 nitrogen and oxygen atoms in total. The zero-order chi connectivity index (χ0) is 13.2. The lowest BCUT2D eigenvalue weighted by Crippen LogP contribution is -2.09. The molecular weight excluding hydrogens is 258 g/mol. The van der Waals surface area contributed by atoms with Crippen LogP contribution in [-0.2, 0) is 0 Å². The van der Waals surface area contributed by atoms with Crippen molar-refractivity contribution >= 4 is 17.4 Å².